The van der Waals surface area contributed by atoms with Crippen LogP contribution < -0.4 is 25.2 Å². The van der Waals surface area contributed by atoms with Crippen molar-refractivity contribution in [2.24, 2.45) is 29.4 Å². The molecule has 7 atom stereocenters. The number of primary amides is 1. The predicted octanol–water partition coefficient (Wildman–Crippen LogP) is 6.41. The highest BCUT2D eigenvalue weighted by Crippen LogP contribution is 2.44. The number of pyridine rings is 1. The molecule has 4 N–H and O–H groups in total. The number of sulfonamides is 1. The van der Waals surface area contributed by atoms with Crippen LogP contribution in [0.15, 0.2) is 36.5 Å². The Morgan fingerprint density at radius 1 is 1.13 bits per heavy atom. The third-order valence-electron chi connectivity index (χ3n) is 12.1. The van der Waals surface area contributed by atoms with E-state index in [4.69, 9.17) is 19.9 Å². The molecule has 1 aromatic carbocycles. The van der Waals surface area contributed by atoms with Crippen LogP contribution in [0.25, 0.3) is 10.8 Å². The zero-order valence-electron chi connectivity index (χ0n) is 35.4. The van der Waals surface area contributed by atoms with Crippen molar-refractivity contribution in [3.05, 3.63) is 42.4 Å². The molecule has 0 radical (unpaired) electrons. The van der Waals surface area contributed by atoms with E-state index in [9.17, 15) is 49.5 Å². The van der Waals surface area contributed by atoms with Gasteiger partial charge < -0.3 is 30.2 Å². The highest BCUT2D eigenvalue weighted by Gasteiger charge is 2.56. The first-order valence-corrected chi connectivity index (χ1v) is 22.3. The van der Waals surface area contributed by atoms with Crippen LogP contribution in [0.1, 0.15) is 92.4 Å². The molecule has 5 rings (SSSR count). The highest BCUT2D eigenvalue weighted by molar-refractivity contribution is 7.91. The number of hydrogen-bond donors (Lipinski definition) is 3. The van der Waals surface area contributed by atoms with Gasteiger partial charge in [0.25, 0.3) is 0 Å². The molecule has 0 spiro atoms. The molecule has 3 fully saturated rings. The van der Waals surface area contributed by atoms with Crippen LogP contribution in [0.3, 0.4) is 0 Å². The van der Waals surface area contributed by atoms with Gasteiger partial charge in [-0.3, -0.25) is 19.1 Å². The molecule has 1 aromatic heterocycles. The molecule has 62 heavy (non-hydrogen) atoms. The summed E-state index contributed by atoms with van der Waals surface area (Å²) in [5.41, 5.74) is 2.83. The minimum Gasteiger partial charge on any atom is -0.491 e. The van der Waals surface area contributed by atoms with Gasteiger partial charge in [0, 0.05) is 23.9 Å². The largest absolute Gasteiger partial charge is 0.491 e. The Morgan fingerprint density at radius 2 is 1.84 bits per heavy atom. The fourth-order valence-corrected chi connectivity index (χ4v) is 9.56. The number of alkyl halides is 4. The van der Waals surface area contributed by atoms with Gasteiger partial charge in [-0.2, -0.15) is 13.2 Å². The number of fused-ring (bicyclic) bond motifs is 1. The molecule has 20 heteroatoms. The fourth-order valence-electron chi connectivity index (χ4n) is 8.15. The summed E-state index contributed by atoms with van der Waals surface area (Å²) in [5.74, 6) is -4.65. The first-order chi connectivity index (χ1) is 29.0. The van der Waals surface area contributed by atoms with Crippen molar-refractivity contribution in [3.8, 4) is 11.6 Å². The van der Waals surface area contributed by atoms with Crippen LogP contribution in [0.2, 0.25) is 0 Å². The standard InChI is InChI=1S/C42H56F5N5O9S/c1-6-59-33-19-27-14-17-49-37(30(27)21-31(33)44)60-28-20-32(35(48)53)52(22-28)38(55)34(50-39(56)61-40(4,5)42(45,46)47)25(3)18-24(2)10-7-8-11-26-12-9-13-29(26)36(54)51-62(57,58)41(23-43)15-16-41/h8,11,14,17,19,21,24-26,28-29,32,34H,6-7,9-10,12-13,15-16,18,20,22-23H2,1-5H3,(H2,48,53)(H,50,56)(H,51,54)/b11-8-/t24-,25-,26-,28-,29?,32+,34+/m1/s1. The number of likely N-dealkylation sites (tertiary alicyclic amines) is 1. The topological polar surface area (TPSA) is 196 Å². The SMILES string of the molecule is CCOc1cc2ccnc(O[C@@H]3C[C@@H](C(N)=O)N(C(=O)[C@@H](NC(=O)OC(C)(C)C(F)(F)F)[C@H](C)C[C@H](C)CC/C=C\[C@@H]4CCCC4C(=O)NS(=O)(=O)C4(CF)CC4)C3)c2cc1F. The van der Waals surface area contributed by atoms with Gasteiger partial charge in [0.2, 0.25) is 39.2 Å². The molecule has 2 aromatic rings. The summed E-state index contributed by atoms with van der Waals surface area (Å²) in [5, 5.41) is 3.16. The Hall–Kier alpha value is -4.75. The van der Waals surface area contributed by atoms with E-state index in [-0.39, 0.29) is 62.3 Å². The minimum atomic E-state index is -4.94. The average molecular weight is 902 g/mol. The molecule has 2 saturated carbocycles. The van der Waals surface area contributed by atoms with E-state index in [1.807, 2.05) is 19.1 Å². The number of halogens is 5. The quantitative estimate of drug-likeness (QED) is 0.105. The Labute approximate surface area is 357 Å². The van der Waals surface area contributed by atoms with Crippen molar-refractivity contribution < 1.29 is 63.8 Å². The van der Waals surface area contributed by atoms with Crippen molar-refractivity contribution >= 4 is 44.6 Å². The van der Waals surface area contributed by atoms with Crippen molar-refractivity contribution in [3.63, 3.8) is 0 Å². The molecule has 2 heterocycles. The summed E-state index contributed by atoms with van der Waals surface area (Å²) >= 11 is 0. The number of allylic oxidation sites excluding steroid dienone is 2. The molecular weight excluding hydrogens is 846 g/mol. The van der Waals surface area contributed by atoms with E-state index in [0.717, 1.165) is 4.90 Å². The highest BCUT2D eigenvalue weighted by atomic mass is 32.2. The second-order valence-corrected chi connectivity index (χ2v) is 19.3. The number of nitrogens with one attached hydrogen (secondary N) is 2. The zero-order valence-corrected chi connectivity index (χ0v) is 36.3. The van der Waals surface area contributed by atoms with Crippen LogP contribution in [0.4, 0.5) is 26.7 Å². The molecule has 3 aliphatic rings. The van der Waals surface area contributed by atoms with Gasteiger partial charge in [0.05, 0.1) is 13.2 Å². The van der Waals surface area contributed by atoms with Crippen LogP contribution in [-0.4, -0.2) is 96.7 Å². The number of alkyl carbamates (subject to hydrolysis) is 1. The normalized spacial score (nSPS) is 22.8. The second-order valence-electron chi connectivity index (χ2n) is 17.3. The summed E-state index contributed by atoms with van der Waals surface area (Å²) in [6.45, 7) is 5.49. The van der Waals surface area contributed by atoms with Gasteiger partial charge in [-0.15, -0.1) is 0 Å². The van der Waals surface area contributed by atoms with Crippen LogP contribution >= 0.6 is 0 Å². The minimum absolute atomic E-state index is 0.00980. The first-order valence-electron chi connectivity index (χ1n) is 20.9. The number of aromatic nitrogens is 1. The van der Waals surface area contributed by atoms with Gasteiger partial charge in [-0.05, 0) is 107 Å². The fraction of sp³-hybridized carbons (Fsp3) is 0.643. The molecule has 1 unspecified atom stereocenters. The Bertz CT molecular complexity index is 2120. The number of hydrogen-bond acceptors (Lipinski definition) is 10. The number of carbonyl (C=O) groups is 4. The van der Waals surface area contributed by atoms with Gasteiger partial charge in [-0.1, -0.05) is 32.4 Å². The zero-order chi connectivity index (χ0) is 45.8. The Morgan fingerprint density at radius 3 is 2.47 bits per heavy atom. The number of ether oxygens (including phenoxy) is 3. The lowest BCUT2D eigenvalue weighted by atomic mass is 9.87. The molecule has 14 nitrogen and oxygen atoms in total. The first kappa shape index (κ1) is 48.3. The Kier molecular flexibility index (Phi) is 15.1. The maximum Gasteiger partial charge on any atom is 0.427 e. The summed E-state index contributed by atoms with van der Waals surface area (Å²) in [7, 11) is -4.14. The monoisotopic (exact) mass is 901 g/mol. The van der Waals surface area contributed by atoms with E-state index in [1.54, 1.807) is 19.9 Å². The molecule has 344 valence electrons. The lowest BCUT2D eigenvalue weighted by Crippen LogP contribution is -2.56. The smallest absolute Gasteiger partial charge is 0.427 e. The van der Waals surface area contributed by atoms with Crippen LogP contribution in [0, 0.1) is 29.5 Å². The van der Waals surface area contributed by atoms with Gasteiger partial charge in [0.1, 0.15) is 29.6 Å². The lowest BCUT2D eigenvalue weighted by molar-refractivity contribution is -0.244. The number of nitrogens with two attached hydrogens (primary N) is 1. The summed E-state index contributed by atoms with van der Waals surface area (Å²) in [6, 6.07) is 1.58. The molecule has 1 saturated heterocycles. The summed E-state index contributed by atoms with van der Waals surface area (Å²) in [6.07, 6.45) is 1.26. The van der Waals surface area contributed by atoms with Crippen molar-refractivity contribution in [2.75, 3.05) is 19.8 Å². The number of carbonyl (C=O) groups excluding carboxylic acids is 4. The number of amides is 4. The van der Waals surface area contributed by atoms with Crippen molar-refractivity contribution in [1.82, 2.24) is 19.9 Å². The third-order valence-corrected chi connectivity index (χ3v) is 14.2. The van der Waals surface area contributed by atoms with Crippen molar-refractivity contribution in [2.45, 2.75) is 127 Å². The predicted molar refractivity (Wildman–Crippen MR) is 217 cm³/mol. The molecule has 0 bridgehead atoms. The number of benzene rings is 1. The second kappa shape index (κ2) is 19.3. The number of nitrogens with zero attached hydrogens (tertiary/aromatic N) is 2. The molecular formula is C42H56F5N5O9S. The molecule has 4 amide bonds. The summed E-state index contributed by atoms with van der Waals surface area (Å²) in [4.78, 5) is 58.5. The van der Waals surface area contributed by atoms with E-state index >= 15 is 0 Å². The maximum atomic E-state index is 14.9. The summed E-state index contributed by atoms with van der Waals surface area (Å²) < 4.78 is 111. The van der Waals surface area contributed by atoms with E-state index in [0.29, 0.717) is 56.7 Å². The van der Waals surface area contributed by atoms with Crippen molar-refractivity contribution in [1.29, 1.82) is 0 Å². The van der Waals surface area contributed by atoms with E-state index < -0.39 is 92.9 Å². The van der Waals surface area contributed by atoms with Crippen LogP contribution in [0.5, 0.6) is 11.6 Å². The van der Waals surface area contributed by atoms with Gasteiger partial charge in [0.15, 0.2) is 11.6 Å². The average Bonchev–Trinajstić information content (AvgIpc) is 3.67. The van der Waals surface area contributed by atoms with E-state index in [2.05, 4.69) is 15.0 Å². The number of rotatable bonds is 19. The van der Waals surface area contributed by atoms with Gasteiger partial charge in [-0.25, -0.2) is 27.0 Å². The maximum absolute atomic E-state index is 14.9. The lowest BCUT2D eigenvalue weighted by Gasteiger charge is -2.33. The van der Waals surface area contributed by atoms with Gasteiger partial charge >= 0.3 is 12.3 Å². The Balaban J connectivity index is 1.27. The van der Waals surface area contributed by atoms with Crippen LogP contribution in [-0.2, 0) is 29.1 Å². The molecule has 2 aliphatic carbocycles. The third kappa shape index (κ3) is 11.1. The molecule has 1 aliphatic heterocycles. The van der Waals surface area contributed by atoms with E-state index in [1.165, 1.54) is 18.3 Å².